The standard InChI is InChI=1S/C25H25ClN4O3/c1-3-30(4-2)20-14-11-18(23(31)15-20)16-27-29-25(33)21-7-5-6-8-22(21)28-24(32)17-9-12-19(26)13-10-17/h5-16,31H,3-4H2,1-2H3,(H,28,32)(H,29,33)/b27-16-. The molecule has 0 unspecified atom stereocenters. The van der Waals surface area contributed by atoms with Gasteiger partial charge in [-0.1, -0.05) is 23.7 Å². The predicted octanol–water partition coefficient (Wildman–Crippen LogP) is 4.91. The Morgan fingerprint density at radius 1 is 1.00 bits per heavy atom. The topological polar surface area (TPSA) is 94.0 Å². The van der Waals surface area contributed by atoms with Gasteiger partial charge in [-0.05, 0) is 62.4 Å². The van der Waals surface area contributed by atoms with Crippen LogP contribution in [0.25, 0.3) is 0 Å². The summed E-state index contributed by atoms with van der Waals surface area (Å²) in [7, 11) is 0. The summed E-state index contributed by atoms with van der Waals surface area (Å²) in [5.74, 6) is -0.806. The highest BCUT2D eigenvalue weighted by Gasteiger charge is 2.14. The number of anilines is 2. The zero-order valence-electron chi connectivity index (χ0n) is 18.4. The van der Waals surface area contributed by atoms with E-state index in [0.717, 1.165) is 18.8 Å². The first kappa shape index (κ1) is 23.8. The molecule has 0 saturated heterocycles. The van der Waals surface area contributed by atoms with Crippen LogP contribution in [-0.4, -0.2) is 36.2 Å². The van der Waals surface area contributed by atoms with E-state index in [1.807, 2.05) is 19.9 Å². The van der Waals surface area contributed by atoms with Crippen molar-refractivity contribution in [2.75, 3.05) is 23.3 Å². The van der Waals surface area contributed by atoms with Crippen molar-refractivity contribution in [1.82, 2.24) is 5.43 Å². The number of phenols is 1. The minimum absolute atomic E-state index is 0.0630. The fourth-order valence-corrected chi connectivity index (χ4v) is 3.36. The quantitative estimate of drug-likeness (QED) is 0.326. The van der Waals surface area contributed by atoms with Crippen LogP contribution in [0.1, 0.15) is 40.1 Å². The first-order valence-corrected chi connectivity index (χ1v) is 10.9. The van der Waals surface area contributed by atoms with E-state index < -0.39 is 5.91 Å². The van der Waals surface area contributed by atoms with Crippen molar-refractivity contribution in [3.63, 3.8) is 0 Å². The molecule has 2 amide bonds. The molecular weight excluding hydrogens is 440 g/mol. The number of carbonyl (C=O) groups excluding carboxylic acids is 2. The molecule has 0 saturated carbocycles. The third kappa shape index (κ3) is 6.11. The number of halogens is 1. The van der Waals surface area contributed by atoms with Gasteiger partial charge in [0.15, 0.2) is 0 Å². The van der Waals surface area contributed by atoms with Gasteiger partial charge in [0.05, 0.1) is 17.5 Å². The normalized spacial score (nSPS) is 10.8. The lowest BCUT2D eigenvalue weighted by Gasteiger charge is -2.21. The maximum absolute atomic E-state index is 12.7. The third-order valence-corrected chi connectivity index (χ3v) is 5.29. The zero-order chi connectivity index (χ0) is 23.8. The molecule has 0 spiro atoms. The lowest BCUT2D eigenvalue weighted by atomic mass is 10.1. The molecular formula is C25H25ClN4O3. The molecule has 0 heterocycles. The minimum atomic E-state index is -0.502. The molecule has 0 fully saturated rings. The van der Waals surface area contributed by atoms with E-state index in [2.05, 4.69) is 20.7 Å². The number of benzene rings is 3. The molecule has 0 aromatic heterocycles. The molecule has 3 aromatic rings. The summed E-state index contributed by atoms with van der Waals surface area (Å²) in [5, 5.41) is 17.5. The maximum atomic E-state index is 12.7. The summed E-state index contributed by atoms with van der Waals surface area (Å²) in [6.07, 6.45) is 1.37. The molecule has 0 aliphatic carbocycles. The average molecular weight is 465 g/mol. The molecule has 0 bridgehead atoms. The second-order valence-electron chi connectivity index (χ2n) is 7.12. The van der Waals surface area contributed by atoms with Gasteiger partial charge in [-0.2, -0.15) is 5.10 Å². The number of carbonyl (C=O) groups is 2. The Bertz CT molecular complexity index is 1160. The average Bonchev–Trinajstić information content (AvgIpc) is 2.82. The van der Waals surface area contributed by atoms with E-state index in [9.17, 15) is 14.7 Å². The van der Waals surface area contributed by atoms with Crippen molar-refractivity contribution in [2.24, 2.45) is 5.10 Å². The van der Waals surface area contributed by atoms with Crippen molar-refractivity contribution in [1.29, 1.82) is 0 Å². The highest BCUT2D eigenvalue weighted by atomic mass is 35.5. The largest absolute Gasteiger partial charge is 0.507 e. The lowest BCUT2D eigenvalue weighted by Crippen LogP contribution is -2.22. The highest BCUT2D eigenvalue weighted by molar-refractivity contribution is 6.30. The number of hydrogen-bond donors (Lipinski definition) is 3. The van der Waals surface area contributed by atoms with Gasteiger partial charge in [0.2, 0.25) is 0 Å². The van der Waals surface area contributed by atoms with Crippen LogP contribution >= 0.6 is 11.6 Å². The Hall–Kier alpha value is -3.84. The van der Waals surface area contributed by atoms with Crippen LogP contribution < -0.4 is 15.6 Å². The lowest BCUT2D eigenvalue weighted by molar-refractivity contribution is 0.0956. The van der Waals surface area contributed by atoms with Crippen LogP contribution in [-0.2, 0) is 0 Å². The number of rotatable bonds is 8. The van der Waals surface area contributed by atoms with Gasteiger partial charge in [0, 0.05) is 41.0 Å². The molecule has 3 N–H and O–H groups in total. The summed E-state index contributed by atoms with van der Waals surface area (Å²) in [6, 6.07) is 18.3. The molecule has 3 rings (SSSR count). The molecule has 0 atom stereocenters. The minimum Gasteiger partial charge on any atom is -0.507 e. The van der Waals surface area contributed by atoms with Crippen molar-refractivity contribution in [3.05, 3.63) is 88.4 Å². The zero-order valence-corrected chi connectivity index (χ0v) is 19.1. The molecule has 3 aromatic carbocycles. The summed E-state index contributed by atoms with van der Waals surface area (Å²) < 4.78 is 0. The van der Waals surface area contributed by atoms with E-state index in [4.69, 9.17) is 11.6 Å². The molecule has 170 valence electrons. The van der Waals surface area contributed by atoms with Crippen molar-refractivity contribution >= 4 is 41.0 Å². The smallest absolute Gasteiger partial charge is 0.273 e. The number of amides is 2. The molecule has 0 radical (unpaired) electrons. The van der Waals surface area contributed by atoms with Gasteiger partial charge < -0.3 is 15.3 Å². The molecule has 33 heavy (non-hydrogen) atoms. The second kappa shape index (κ2) is 11.2. The molecule has 8 heteroatoms. The SMILES string of the molecule is CCN(CC)c1ccc(/C=N\NC(=O)c2ccccc2NC(=O)c2ccc(Cl)cc2)c(O)c1. The number of hydrogen-bond acceptors (Lipinski definition) is 5. The van der Waals surface area contributed by atoms with Gasteiger partial charge in [-0.25, -0.2) is 5.43 Å². The van der Waals surface area contributed by atoms with Crippen molar-refractivity contribution in [3.8, 4) is 5.75 Å². The fraction of sp³-hybridized carbons (Fsp3) is 0.160. The monoisotopic (exact) mass is 464 g/mol. The number of nitrogens with one attached hydrogen (secondary N) is 2. The van der Waals surface area contributed by atoms with Crippen LogP contribution in [0, 0.1) is 0 Å². The van der Waals surface area contributed by atoms with E-state index in [1.54, 1.807) is 60.7 Å². The van der Waals surface area contributed by atoms with Crippen LogP contribution in [0.3, 0.4) is 0 Å². The first-order valence-electron chi connectivity index (χ1n) is 10.5. The number of aromatic hydroxyl groups is 1. The molecule has 0 aliphatic heterocycles. The van der Waals surface area contributed by atoms with Crippen LogP contribution in [0.2, 0.25) is 5.02 Å². The van der Waals surface area contributed by atoms with Gasteiger partial charge in [0.1, 0.15) is 5.75 Å². The highest BCUT2D eigenvalue weighted by Crippen LogP contribution is 2.23. The molecule has 7 nitrogen and oxygen atoms in total. The summed E-state index contributed by atoms with van der Waals surface area (Å²) in [4.78, 5) is 27.3. The Labute approximate surface area is 197 Å². The van der Waals surface area contributed by atoms with Gasteiger partial charge in [0.25, 0.3) is 11.8 Å². The van der Waals surface area contributed by atoms with Gasteiger partial charge in [-0.15, -0.1) is 0 Å². The van der Waals surface area contributed by atoms with E-state index >= 15 is 0 Å². The Kier molecular flexibility index (Phi) is 8.05. The number of phenolic OH excluding ortho intramolecular Hbond substituents is 1. The van der Waals surface area contributed by atoms with E-state index in [1.165, 1.54) is 6.21 Å². The maximum Gasteiger partial charge on any atom is 0.273 e. The van der Waals surface area contributed by atoms with E-state index in [-0.39, 0.29) is 17.2 Å². The van der Waals surface area contributed by atoms with Crippen LogP contribution in [0.15, 0.2) is 71.8 Å². The molecule has 0 aliphatic rings. The van der Waals surface area contributed by atoms with Gasteiger partial charge >= 0.3 is 0 Å². The fourth-order valence-electron chi connectivity index (χ4n) is 3.23. The van der Waals surface area contributed by atoms with Crippen LogP contribution in [0.4, 0.5) is 11.4 Å². The Morgan fingerprint density at radius 3 is 2.36 bits per heavy atom. The summed E-state index contributed by atoms with van der Waals surface area (Å²) >= 11 is 5.86. The number of nitrogens with zero attached hydrogens (tertiary/aromatic N) is 2. The van der Waals surface area contributed by atoms with E-state index in [0.29, 0.717) is 21.8 Å². The Balaban J connectivity index is 1.69. The number of hydrazone groups is 1. The number of para-hydroxylation sites is 1. The first-order chi connectivity index (χ1) is 15.9. The van der Waals surface area contributed by atoms with Crippen molar-refractivity contribution < 1.29 is 14.7 Å². The summed E-state index contributed by atoms with van der Waals surface area (Å²) in [6.45, 7) is 5.74. The summed E-state index contributed by atoms with van der Waals surface area (Å²) in [5.41, 5.74) is 4.82. The van der Waals surface area contributed by atoms with Gasteiger partial charge in [-0.3, -0.25) is 9.59 Å². The predicted molar refractivity (Wildman–Crippen MR) is 133 cm³/mol. The Morgan fingerprint density at radius 2 is 1.70 bits per heavy atom. The van der Waals surface area contributed by atoms with Crippen molar-refractivity contribution in [2.45, 2.75) is 13.8 Å². The third-order valence-electron chi connectivity index (χ3n) is 5.04. The second-order valence-corrected chi connectivity index (χ2v) is 7.56. The van der Waals surface area contributed by atoms with Crippen LogP contribution in [0.5, 0.6) is 5.75 Å².